The smallest absolute Gasteiger partial charge is 0.141 e. The van der Waals surface area contributed by atoms with E-state index in [1.807, 2.05) is 6.92 Å². The van der Waals surface area contributed by atoms with E-state index in [0.717, 1.165) is 6.42 Å². The summed E-state index contributed by atoms with van der Waals surface area (Å²) in [6.07, 6.45) is 9.32. The molecule has 86 valence electrons. The molecule has 2 radical (unpaired) electrons. The zero-order valence-corrected chi connectivity index (χ0v) is 9.71. The highest BCUT2D eigenvalue weighted by atomic mass is 16.3. The molecular formula is C12H19BN2O. The van der Waals surface area contributed by atoms with Crippen molar-refractivity contribution in [1.82, 2.24) is 4.90 Å². The second-order valence-electron chi connectivity index (χ2n) is 4.15. The molecule has 0 saturated carbocycles. The van der Waals surface area contributed by atoms with Crippen LogP contribution in [0.4, 0.5) is 0 Å². The summed E-state index contributed by atoms with van der Waals surface area (Å²) >= 11 is 0. The topological polar surface area (TPSA) is 49.5 Å². The Balaban J connectivity index is 2.66. The Kier molecular flexibility index (Phi) is 4.53. The van der Waals surface area contributed by atoms with E-state index in [4.69, 9.17) is 13.6 Å². The highest BCUT2D eigenvalue weighted by Crippen LogP contribution is 2.23. The maximum Gasteiger partial charge on any atom is 0.141 e. The van der Waals surface area contributed by atoms with E-state index in [0.29, 0.717) is 6.54 Å². The third kappa shape index (κ3) is 3.08. The average molecular weight is 218 g/mol. The van der Waals surface area contributed by atoms with Crippen molar-refractivity contribution in [3.8, 4) is 0 Å². The van der Waals surface area contributed by atoms with E-state index in [2.05, 4.69) is 6.58 Å². The van der Waals surface area contributed by atoms with E-state index in [-0.39, 0.29) is 12.1 Å². The third-order valence-electron chi connectivity index (χ3n) is 2.97. The Morgan fingerprint density at radius 3 is 2.69 bits per heavy atom. The molecule has 0 spiro atoms. The number of nitrogens with zero attached hydrogens (tertiary/aromatic N) is 1. The first-order valence-corrected chi connectivity index (χ1v) is 5.49. The summed E-state index contributed by atoms with van der Waals surface area (Å²) in [5.74, 6) is 0. The molecule has 3 atom stereocenters. The van der Waals surface area contributed by atoms with Gasteiger partial charge in [-0.25, -0.2) is 0 Å². The van der Waals surface area contributed by atoms with Crippen molar-refractivity contribution in [3.63, 3.8) is 0 Å². The van der Waals surface area contributed by atoms with Crippen LogP contribution >= 0.6 is 0 Å². The van der Waals surface area contributed by atoms with Crippen molar-refractivity contribution in [2.75, 3.05) is 6.54 Å². The lowest BCUT2D eigenvalue weighted by molar-refractivity contribution is -0.00389. The molecule has 16 heavy (non-hydrogen) atoms. The van der Waals surface area contributed by atoms with Crippen LogP contribution in [0.2, 0.25) is 0 Å². The van der Waals surface area contributed by atoms with Crippen molar-refractivity contribution < 1.29 is 5.11 Å². The minimum Gasteiger partial charge on any atom is -0.381 e. The molecule has 4 heteroatoms. The van der Waals surface area contributed by atoms with Crippen LogP contribution in [0, 0.1) is 0 Å². The highest BCUT2D eigenvalue weighted by Gasteiger charge is 2.37. The summed E-state index contributed by atoms with van der Waals surface area (Å²) in [6, 6.07) is 0.162. The highest BCUT2D eigenvalue weighted by molar-refractivity contribution is 6.15. The summed E-state index contributed by atoms with van der Waals surface area (Å²) in [5, 5.41) is 10.1. The van der Waals surface area contributed by atoms with Crippen LogP contribution in [0.1, 0.15) is 13.3 Å². The van der Waals surface area contributed by atoms with Gasteiger partial charge in [-0.15, -0.1) is 0 Å². The molecule has 3 unspecified atom stereocenters. The molecule has 0 amide bonds. The van der Waals surface area contributed by atoms with Gasteiger partial charge in [-0.2, -0.15) is 0 Å². The summed E-state index contributed by atoms with van der Waals surface area (Å²) in [6.45, 7) is 6.24. The van der Waals surface area contributed by atoms with Gasteiger partial charge >= 0.3 is 0 Å². The molecule has 1 fully saturated rings. The largest absolute Gasteiger partial charge is 0.381 e. The van der Waals surface area contributed by atoms with E-state index in [1.54, 1.807) is 35.3 Å². The monoisotopic (exact) mass is 218 g/mol. The Morgan fingerprint density at radius 1 is 1.50 bits per heavy atom. The normalized spacial score (nSPS) is 31.2. The predicted molar refractivity (Wildman–Crippen MR) is 67.9 cm³/mol. The van der Waals surface area contributed by atoms with Gasteiger partial charge in [-0.3, -0.25) is 4.90 Å². The number of hydrogen-bond donors (Lipinski definition) is 2. The van der Waals surface area contributed by atoms with E-state index < -0.39 is 5.62 Å². The number of aliphatic hydroxyl groups is 1. The molecule has 0 bridgehead atoms. The van der Waals surface area contributed by atoms with E-state index in [1.165, 1.54) is 0 Å². The molecule has 1 aliphatic heterocycles. The molecule has 0 aromatic carbocycles. The van der Waals surface area contributed by atoms with Gasteiger partial charge in [0, 0.05) is 18.6 Å². The van der Waals surface area contributed by atoms with Gasteiger partial charge in [-0.1, -0.05) is 30.9 Å². The van der Waals surface area contributed by atoms with Gasteiger partial charge in [0.2, 0.25) is 0 Å². The van der Waals surface area contributed by atoms with Crippen molar-refractivity contribution in [3.05, 3.63) is 37.0 Å². The van der Waals surface area contributed by atoms with E-state index >= 15 is 0 Å². The summed E-state index contributed by atoms with van der Waals surface area (Å²) in [7, 11) is 5.84. The Morgan fingerprint density at radius 2 is 2.19 bits per heavy atom. The Bertz CT molecular complexity index is 299. The maximum atomic E-state index is 10.1. The van der Waals surface area contributed by atoms with Crippen LogP contribution < -0.4 is 5.73 Å². The van der Waals surface area contributed by atoms with Gasteiger partial charge in [0.05, 0.1) is 5.62 Å². The standard InChI is InChI=1S/C12H19BN2O/c1-3-4-5-6-8-12(13,16)15-9-7-11(14)10(15)2/h3-6,8,10-11,16H,1,7,9,14H2,2H3/b5-4-,8-6+. The van der Waals surface area contributed by atoms with Crippen LogP contribution in [0.25, 0.3) is 0 Å². The van der Waals surface area contributed by atoms with Gasteiger partial charge < -0.3 is 10.8 Å². The molecule has 1 aliphatic rings. The SMILES string of the molecule is [B]C(O)(/C=C/C=C\C=C)N1CCC(N)C1C. The quantitative estimate of drug-likeness (QED) is 0.534. The first-order valence-electron chi connectivity index (χ1n) is 5.49. The van der Waals surface area contributed by atoms with E-state index in [9.17, 15) is 5.11 Å². The fourth-order valence-electron chi connectivity index (χ4n) is 1.91. The second kappa shape index (κ2) is 5.48. The van der Waals surface area contributed by atoms with Crippen LogP contribution in [0.5, 0.6) is 0 Å². The van der Waals surface area contributed by atoms with Gasteiger partial charge in [0.15, 0.2) is 0 Å². The molecule has 3 nitrogen and oxygen atoms in total. The molecule has 1 rings (SSSR count). The first kappa shape index (κ1) is 13.2. The van der Waals surface area contributed by atoms with Crippen molar-refractivity contribution in [1.29, 1.82) is 0 Å². The molecule has 1 heterocycles. The summed E-state index contributed by atoms with van der Waals surface area (Å²) < 4.78 is 0. The summed E-state index contributed by atoms with van der Waals surface area (Å²) in [4.78, 5) is 1.80. The van der Waals surface area contributed by atoms with Gasteiger partial charge in [0.25, 0.3) is 0 Å². The van der Waals surface area contributed by atoms with Crippen molar-refractivity contribution in [2.24, 2.45) is 5.73 Å². The molecule has 0 aromatic rings. The lowest BCUT2D eigenvalue weighted by atomic mass is 9.88. The minimum atomic E-state index is -1.43. The lowest BCUT2D eigenvalue weighted by Crippen LogP contribution is -2.52. The lowest BCUT2D eigenvalue weighted by Gasteiger charge is -2.36. The van der Waals surface area contributed by atoms with Gasteiger partial charge in [-0.05, 0) is 19.4 Å². The average Bonchev–Trinajstić information content (AvgIpc) is 2.55. The fourth-order valence-corrected chi connectivity index (χ4v) is 1.91. The molecule has 0 aliphatic carbocycles. The number of rotatable bonds is 4. The zero-order chi connectivity index (χ0) is 12.2. The van der Waals surface area contributed by atoms with Gasteiger partial charge in [0.1, 0.15) is 7.85 Å². The Labute approximate surface area is 98.7 Å². The third-order valence-corrected chi connectivity index (χ3v) is 2.97. The molecular weight excluding hydrogens is 199 g/mol. The maximum absolute atomic E-state index is 10.1. The van der Waals surface area contributed by atoms with Crippen LogP contribution in [0.15, 0.2) is 37.0 Å². The molecule has 0 aromatic heterocycles. The number of allylic oxidation sites excluding steroid dienone is 4. The zero-order valence-electron chi connectivity index (χ0n) is 9.71. The second-order valence-corrected chi connectivity index (χ2v) is 4.15. The fraction of sp³-hybridized carbons (Fsp3) is 0.500. The van der Waals surface area contributed by atoms with Crippen LogP contribution in [-0.4, -0.2) is 42.1 Å². The predicted octanol–water partition coefficient (Wildman–Crippen LogP) is 0.521. The first-order chi connectivity index (χ1) is 7.49. The number of nitrogens with two attached hydrogens (primary N) is 1. The molecule has 1 saturated heterocycles. The molecule has 3 N–H and O–H groups in total. The van der Waals surface area contributed by atoms with Crippen LogP contribution in [0.3, 0.4) is 0 Å². The number of hydrogen-bond acceptors (Lipinski definition) is 3. The summed E-state index contributed by atoms with van der Waals surface area (Å²) in [5.41, 5.74) is 4.45. The van der Waals surface area contributed by atoms with Crippen molar-refractivity contribution >= 4 is 7.85 Å². The minimum absolute atomic E-state index is 0.0761. The Hall–Kier alpha value is -0.835. The van der Waals surface area contributed by atoms with Crippen LogP contribution in [-0.2, 0) is 0 Å². The van der Waals surface area contributed by atoms with Crippen molar-refractivity contribution in [2.45, 2.75) is 31.1 Å². The number of likely N-dealkylation sites (tertiary alicyclic amines) is 1.